The van der Waals surface area contributed by atoms with Crippen LogP contribution in [-0.2, 0) is 9.84 Å². The van der Waals surface area contributed by atoms with Gasteiger partial charge in [-0.2, -0.15) is 0 Å². The molecule has 1 unspecified atom stereocenters. The zero-order valence-electron chi connectivity index (χ0n) is 8.93. The number of hydrogen-bond donors (Lipinski definition) is 0. The van der Waals surface area contributed by atoms with Crippen molar-refractivity contribution in [2.45, 2.75) is 12.5 Å². The van der Waals surface area contributed by atoms with Gasteiger partial charge >= 0.3 is 0 Å². The van der Waals surface area contributed by atoms with Crippen LogP contribution in [0.15, 0.2) is 18.2 Å². The molecule has 0 N–H and O–H groups in total. The van der Waals surface area contributed by atoms with E-state index in [9.17, 15) is 13.2 Å². The number of halogens is 1. The van der Waals surface area contributed by atoms with E-state index in [-0.39, 0.29) is 17.3 Å². The van der Waals surface area contributed by atoms with Gasteiger partial charge in [0.1, 0.15) is 11.9 Å². The third-order valence-corrected chi connectivity index (χ3v) is 4.63. The van der Waals surface area contributed by atoms with Crippen LogP contribution in [0.4, 0.5) is 0 Å². The third-order valence-electron chi connectivity index (χ3n) is 2.60. The lowest BCUT2D eigenvalue weighted by atomic mass is 10.2. The predicted molar refractivity (Wildman–Crippen MR) is 64.5 cm³/mol. The number of para-hydroxylation sites is 1. The van der Waals surface area contributed by atoms with Crippen LogP contribution in [0.2, 0.25) is 5.02 Å². The van der Waals surface area contributed by atoms with Crippen molar-refractivity contribution in [1.82, 2.24) is 0 Å². The molecule has 1 aliphatic heterocycles. The van der Waals surface area contributed by atoms with Crippen LogP contribution < -0.4 is 4.74 Å². The van der Waals surface area contributed by atoms with Crippen molar-refractivity contribution >= 4 is 27.7 Å². The molecule has 92 valence electrons. The summed E-state index contributed by atoms with van der Waals surface area (Å²) < 4.78 is 28.1. The Balaban J connectivity index is 2.22. The van der Waals surface area contributed by atoms with E-state index in [1.54, 1.807) is 18.2 Å². The first-order chi connectivity index (χ1) is 8.02. The molecule has 1 heterocycles. The van der Waals surface area contributed by atoms with Crippen molar-refractivity contribution in [3.63, 3.8) is 0 Å². The Kier molecular flexibility index (Phi) is 3.40. The number of rotatable bonds is 3. The van der Waals surface area contributed by atoms with Gasteiger partial charge < -0.3 is 4.74 Å². The molecule has 0 aliphatic carbocycles. The number of carbonyl (C=O) groups excluding carboxylic acids is 1. The molecule has 1 aromatic rings. The fourth-order valence-corrected chi connectivity index (χ4v) is 3.58. The summed E-state index contributed by atoms with van der Waals surface area (Å²) in [5.74, 6) is 0.376. The summed E-state index contributed by atoms with van der Waals surface area (Å²) in [6.45, 7) is 0. The molecule has 2 rings (SSSR count). The fourth-order valence-electron chi connectivity index (χ4n) is 1.76. The normalized spacial score (nSPS) is 22.3. The van der Waals surface area contributed by atoms with Crippen molar-refractivity contribution in [3.8, 4) is 5.75 Å². The van der Waals surface area contributed by atoms with Gasteiger partial charge in [0.15, 0.2) is 16.1 Å². The van der Waals surface area contributed by atoms with Crippen LogP contribution in [0.3, 0.4) is 0 Å². The minimum absolute atomic E-state index is 0.0173. The molecule has 0 amide bonds. The van der Waals surface area contributed by atoms with Gasteiger partial charge in [0, 0.05) is 0 Å². The van der Waals surface area contributed by atoms with Crippen LogP contribution in [0.25, 0.3) is 0 Å². The molecule has 0 saturated carbocycles. The van der Waals surface area contributed by atoms with E-state index in [1.807, 2.05) is 0 Å². The molecule has 1 fully saturated rings. The molecule has 1 atom stereocenters. The molecule has 0 radical (unpaired) electrons. The van der Waals surface area contributed by atoms with Crippen molar-refractivity contribution in [1.29, 1.82) is 0 Å². The standard InChI is InChI=1S/C11H11ClO4S/c12-10-3-1-2-8(6-13)11(10)16-9-4-5-17(14,15)7-9/h1-3,6,9H,4-5,7H2. The van der Waals surface area contributed by atoms with E-state index < -0.39 is 15.9 Å². The van der Waals surface area contributed by atoms with E-state index >= 15 is 0 Å². The first kappa shape index (κ1) is 12.4. The lowest BCUT2D eigenvalue weighted by Crippen LogP contribution is -2.18. The van der Waals surface area contributed by atoms with E-state index in [0.29, 0.717) is 23.3 Å². The van der Waals surface area contributed by atoms with Crippen LogP contribution in [-0.4, -0.2) is 32.3 Å². The van der Waals surface area contributed by atoms with Crippen LogP contribution in [0, 0.1) is 0 Å². The summed E-state index contributed by atoms with van der Waals surface area (Å²) in [6.07, 6.45) is 0.662. The van der Waals surface area contributed by atoms with Crippen molar-refractivity contribution < 1.29 is 17.9 Å². The largest absolute Gasteiger partial charge is 0.487 e. The Morgan fingerprint density at radius 1 is 1.41 bits per heavy atom. The van der Waals surface area contributed by atoms with Gasteiger partial charge in [-0.3, -0.25) is 4.79 Å². The molecular formula is C11H11ClO4S. The van der Waals surface area contributed by atoms with E-state index in [0.717, 1.165) is 0 Å². The number of benzene rings is 1. The molecule has 1 saturated heterocycles. The minimum atomic E-state index is -3.00. The van der Waals surface area contributed by atoms with Gasteiger partial charge in [-0.25, -0.2) is 8.42 Å². The van der Waals surface area contributed by atoms with E-state index in [4.69, 9.17) is 16.3 Å². The number of carbonyl (C=O) groups is 1. The SMILES string of the molecule is O=Cc1cccc(Cl)c1OC1CCS(=O)(=O)C1. The molecule has 1 aliphatic rings. The zero-order chi connectivity index (χ0) is 12.5. The second-order valence-corrected chi connectivity index (χ2v) is 6.55. The van der Waals surface area contributed by atoms with Crippen LogP contribution >= 0.6 is 11.6 Å². The monoisotopic (exact) mass is 274 g/mol. The average Bonchev–Trinajstić information content (AvgIpc) is 2.61. The Bertz CT molecular complexity index is 538. The van der Waals surface area contributed by atoms with Crippen molar-refractivity contribution in [2.75, 3.05) is 11.5 Å². The van der Waals surface area contributed by atoms with Gasteiger partial charge in [0.05, 0.1) is 22.1 Å². The molecule has 1 aromatic carbocycles. The van der Waals surface area contributed by atoms with Gasteiger partial charge in [-0.1, -0.05) is 17.7 Å². The summed E-state index contributed by atoms with van der Waals surface area (Å²) in [6, 6.07) is 4.83. The Hall–Kier alpha value is -1.07. The summed E-state index contributed by atoms with van der Waals surface area (Å²) in [4.78, 5) is 10.8. The Morgan fingerprint density at radius 3 is 2.76 bits per heavy atom. The van der Waals surface area contributed by atoms with E-state index in [1.165, 1.54) is 0 Å². The third kappa shape index (κ3) is 2.79. The topological polar surface area (TPSA) is 60.4 Å². The maximum Gasteiger partial charge on any atom is 0.154 e. The molecule has 4 nitrogen and oxygen atoms in total. The molecular weight excluding hydrogens is 264 g/mol. The minimum Gasteiger partial charge on any atom is -0.487 e. The number of aldehydes is 1. The second-order valence-electron chi connectivity index (χ2n) is 3.92. The number of sulfone groups is 1. The zero-order valence-corrected chi connectivity index (χ0v) is 10.5. The van der Waals surface area contributed by atoms with Crippen molar-refractivity contribution in [3.05, 3.63) is 28.8 Å². The first-order valence-corrected chi connectivity index (χ1v) is 7.32. The number of ether oxygens (including phenoxy) is 1. The number of hydrogen-bond acceptors (Lipinski definition) is 4. The van der Waals surface area contributed by atoms with Gasteiger partial charge in [0.2, 0.25) is 0 Å². The molecule has 0 aromatic heterocycles. The quantitative estimate of drug-likeness (QED) is 0.788. The van der Waals surface area contributed by atoms with Gasteiger partial charge in [-0.05, 0) is 18.6 Å². The predicted octanol–water partition coefficient (Wildman–Crippen LogP) is 1.72. The summed E-state index contributed by atoms with van der Waals surface area (Å²) in [5.41, 5.74) is 0.335. The summed E-state index contributed by atoms with van der Waals surface area (Å²) >= 11 is 5.92. The highest BCUT2D eigenvalue weighted by atomic mass is 35.5. The Labute approximate surface area is 104 Å². The van der Waals surface area contributed by atoms with Gasteiger partial charge in [0.25, 0.3) is 0 Å². The lowest BCUT2D eigenvalue weighted by molar-refractivity contribution is 0.111. The first-order valence-electron chi connectivity index (χ1n) is 5.12. The fraction of sp³-hybridized carbons (Fsp3) is 0.364. The summed E-state index contributed by atoms with van der Waals surface area (Å²) in [5, 5.41) is 0.318. The maximum absolute atomic E-state index is 11.3. The van der Waals surface area contributed by atoms with E-state index in [2.05, 4.69) is 0 Å². The van der Waals surface area contributed by atoms with Crippen molar-refractivity contribution in [2.24, 2.45) is 0 Å². The molecule has 17 heavy (non-hydrogen) atoms. The second kappa shape index (κ2) is 4.66. The average molecular weight is 275 g/mol. The maximum atomic E-state index is 11.3. The molecule has 6 heteroatoms. The molecule has 0 bridgehead atoms. The molecule has 0 spiro atoms. The highest BCUT2D eigenvalue weighted by molar-refractivity contribution is 7.91. The Morgan fingerprint density at radius 2 is 2.18 bits per heavy atom. The highest BCUT2D eigenvalue weighted by Gasteiger charge is 2.30. The van der Waals surface area contributed by atoms with Crippen LogP contribution in [0.5, 0.6) is 5.75 Å². The van der Waals surface area contributed by atoms with Crippen LogP contribution in [0.1, 0.15) is 16.8 Å². The highest BCUT2D eigenvalue weighted by Crippen LogP contribution is 2.30. The lowest BCUT2D eigenvalue weighted by Gasteiger charge is -2.14. The van der Waals surface area contributed by atoms with Gasteiger partial charge in [-0.15, -0.1) is 0 Å². The summed E-state index contributed by atoms with van der Waals surface area (Å²) in [7, 11) is -3.00. The smallest absolute Gasteiger partial charge is 0.154 e.